The fraction of sp³-hybridized carbons (Fsp3) is 0.625. The molecule has 22 heavy (non-hydrogen) atoms. The molecule has 6 nitrogen and oxygen atoms in total. The summed E-state index contributed by atoms with van der Waals surface area (Å²) in [7, 11) is 0. The van der Waals surface area contributed by atoms with Crippen LogP contribution in [0.3, 0.4) is 0 Å². The first kappa shape index (κ1) is 15.1. The molecule has 0 bridgehead atoms. The van der Waals surface area contributed by atoms with Crippen molar-refractivity contribution >= 4 is 11.9 Å². The number of ether oxygens (including phenoxy) is 1. The minimum atomic E-state index is -1.06. The summed E-state index contributed by atoms with van der Waals surface area (Å²) in [6.07, 6.45) is 4.67. The second-order valence-corrected chi connectivity index (χ2v) is 6.07. The Morgan fingerprint density at radius 2 is 2.09 bits per heavy atom. The molecule has 1 saturated heterocycles. The molecule has 0 radical (unpaired) electrons. The first-order valence-corrected chi connectivity index (χ1v) is 7.84. The standard InChI is InChI=1S/C16H21NO5/c1-2-12-11(15(19)20)9-13(22-12)14(18)17-7-8-21-16(10-17)5-3-4-6-16/h9H,2-8,10H2,1H3,(H,19,20). The second-order valence-electron chi connectivity index (χ2n) is 6.07. The third kappa shape index (κ3) is 2.63. The van der Waals surface area contributed by atoms with Gasteiger partial charge in [-0.15, -0.1) is 0 Å². The molecule has 0 aromatic carbocycles. The Labute approximate surface area is 129 Å². The maximum absolute atomic E-state index is 12.6. The first-order chi connectivity index (χ1) is 10.5. The molecule has 2 fully saturated rings. The van der Waals surface area contributed by atoms with Gasteiger partial charge in [-0.05, 0) is 12.8 Å². The molecule has 1 N–H and O–H groups in total. The smallest absolute Gasteiger partial charge is 0.339 e. The van der Waals surface area contributed by atoms with Crippen LogP contribution in [0.4, 0.5) is 0 Å². The zero-order chi connectivity index (χ0) is 15.7. The number of hydrogen-bond acceptors (Lipinski definition) is 4. The summed E-state index contributed by atoms with van der Waals surface area (Å²) < 4.78 is 11.4. The van der Waals surface area contributed by atoms with Crippen LogP contribution in [0.1, 0.15) is 59.3 Å². The number of carboxylic acids is 1. The van der Waals surface area contributed by atoms with Crippen molar-refractivity contribution in [1.82, 2.24) is 4.90 Å². The van der Waals surface area contributed by atoms with Gasteiger partial charge < -0.3 is 19.2 Å². The molecule has 6 heteroatoms. The van der Waals surface area contributed by atoms with Gasteiger partial charge in [0, 0.05) is 19.0 Å². The molecule has 0 unspecified atom stereocenters. The summed E-state index contributed by atoms with van der Waals surface area (Å²) in [5.74, 6) is -0.838. The van der Waals surface area contributed by atoms with Gasteiger partial charge in [0.25, 0.3) is 5.91 Å². The van der Waals surface area contributed by atoms with Crippen LogP contribution >= 0.6 is 0 Å². The Morgan fingerprint density at radius 3 is 2.68 bits per heavy atom. The van der Waals surface area contributed by atoms with Crippen LogP contribution in [0.5, 0.6) is 0 Å². The van der Waals surface area contributed by atoms with Gasteiger partial charge in [-0.2, -0.15) is 0 Å². The summed E-state index contributed by atoms with van der Waals surface area (Å²) in [6.45, 7) is 3.42. The quantitative estimate of drug-likeness (QED) is 0.927. The van der Waals surface area contributed by atoms with Gasteiger partial charge in [0.2, 0.25) is 0 Å². The molecular weight excluding hydrogens is 286 g/mol. The van der Waals surface area contributed by atoms with Gasteiger partial charge in [0.1, 0.15) is 11.3 Å². The van der Waals surface area contributed by atoms with Crippen molar-refractivity contribution in [3.8, 4) is 0 Å². The average molecular weight is 307 g/mol. The van der Waals surface area contributed by atoms with Crippen LogP contribution < -0.4 is 0 Å². The molecule has 120 valence electrons. The van der Waals surface area contributed by atoms with Gasteiger partial charge in [-0.3, -0.25) is 4.79 Å². The largest absolute Gasteiger partial charge is 0.478 e. The fourth-order valence-electron chi connectivity index (χ4n) is 3.47. The van der Waals surface area contributed by atoms with Crippen molar-refractivity contribution < 1.29 is 23.8 Å². The van der Waals surface area contributed by atoms with E-state index < -0.39 is 5.97 Å². The van der Waals surface area contributed by atoms with Crippen LogP contribution in [-0.4, -0.2) is 47.2 Å². The van der Waals surface area contributed by atoms with Gasteiger partial charge >= 0.3 is 5.97 Å². The van der Waals surface area contributed by atoms with E-state index in [1.54, 1.807) is 4.90 Å². The number of morpholine rings is 1. The molecule has 1 aromatic heterocycles. The van der Waals surface area contributed by atoms with E-state index in [9.17, 15) is 9.59 Å². The number of carbonyl (C=O) groups is 2. The number of aromatic carboxylic acids is 1. The van der Waals surface area contributed by atoms with Gasteiger partial charge in [0.05, 0.1) is 18.8 Å². The van der Waals surface area contributed by atoms with E-state index in [1.165, 1.54) is 6.07 Å². The molecule has 1 saturated carbocycles. The third-order valence-corrected chi connectivity index (χ3v) is 4.62. The molecule has 1 aromatic rings. The van der Waals surface area contributed by atoms with Gasteiger partial charge in [-0.25, -0.2) is 4.79 Å². The Morgan fingerprint density at radius 1 is 1.36 bits per heavy atom. The molecule has 1 aliphatic carbocycles. The van der Waals surface area contributed by atoms with Crippen molar-refractivity contribution in [2.24, 2.45) is 0 Å². The lowest BCUT2D eigenvalue weighted by Crippen LogP contribution is -2.52. The van der Waals surface area contributed by atoms with Crippen molar-refractivity contribution in [3.05, 3.63) is 23.2 Å². The summed E-state index contributed by atoms with van der Waals surface area (Å²) in [6, 6.07) is 1.35. The highest BCUT2D eigenvalue weighted by atomic mass is 16.5. The number of carboxylic acid groups (broad SMARTS) is 1. The highest BCUT2D eigenvalue weighted by molar-refractivity contribution is 5.96. The number of nitrogens with zero attached hydrogens (tertiary/aromatic N) is 1. The topological polar surface area (TPSA) is 80.0 Å². The summed E-state index contributed by atoms with van der Waals surface area (Å²) in [5.41, 5.74) is -0.126. The van der Waals surface area contributed by atoms with Crippen molar-refractivity contribution in [2.45, 2.75) is 44.6 Å². The minimum Gasteiger partial charge on any atom is -0.478 e. The molecule has 1 amide bonds. The first-order valence-electron chi connectivity index (χ1n) is 7.84. The van der Waals surface area contributed by atoms with Crippen molar-refractivity contribution in [3.63, 3.8) is 0 Å². The van der Waals surface area contributed by atoms with Crippen LogP contribution in [0, 0.1) is 0 Å². The van der Waals surface area contributed by atoms with E-state index in [4.69, 9.17) is 14.3 Å². The number of rotatable bonds is 3. The molecule has 2 aliphatic rings. The zero-order valence-corrected chi connectivity index (χ0v) is 12.8. The van der Waals surface area contributed by atoms with Crippen LogP contribution in [0.15, 0.2) is 10.5 Å². The predicted octanol–water partition coefficient (Wildman–Crippen LogP) is 2.33. The summed E-state index contributed by atoms with van der Waals surface area (Å²) in [4.78, 5) is 25.6. The van der Waals surface area contributed by atoms with Crippen molar-refractivity contribution in [2.75, 3.05) is 19.7 Å². The molecule has 0 atom stereocenters. The Balaban J connectivity index is 1.80. The SMILES string of the molecule is CCc1oc(C(=O)N2CCOC3(CCCC3)C2)cc1C(=O)O. The number of amides is 1. The van der Waals surface area contributed by atoms with E-state index in [-0.39, 0.29) is 22.8 Å². The number of carbonyl (C=O) groups excluding carboxylic acids is 1. The number of furan rings is 1. The average Bonchev–Trinajstić information content (AvgIpc) is 3.13. The normalized spacial score (nSPS) is 20.5. The van der Waals surface area contributed by atoms with Gasteiger partial charge in [-0.1, -0.05) is 19.8 Å². The Kier molecular flexibility index (Phi) is 3.95. The van der Waals surface area contributed by atoms with Crippen LogP contribution in [-0.2, 0) is 11.2 Å². The molecular formula is C16H21NO5. The van der Waals surface area contributed by atoms with Crippen molar-refractivity contribution in [1.29, 1.82) is 0 Å². The van der Waals surface area contributed by atoms with Crippen LogP contribution in [0.25, 0.3) is 0 Å². The lowest BCUT2D eigenvalue weighted by molar-refractivity contribution is -0.0952. The third-order valence-electron chi connectivity index (χ3n) is 4.62. The summed E-state index contributed by atoms with van der Waals surface area (Å²) in [5, 5.41) is 9.16. The molecule has 1 spiro atoms. The zero-order valence-electron chi connectivity index (χ0n) is 12.8. The Bertz CT molecular complexity index is 585. The van der Waals surface area contributed by atoms with E-state index in [1.807, 2.05) is 6.92 Å². The van der Waals surface area contributed by atoms with Crippen LogP contribution in [0.2, 0.25) is 0 Å². The van der Waals surface area contributed by atoms with E-state index in [2.05, 4.69) is 0 Å². The predicted molar refractivity (Wildman–Crippen MR) is 78.1 cm³/mol. The lowest BCUT2D eigenvalue weighted by atomic mass is 9.99. The maximum Gasteiger partial charge on any atom is 0.339 e. The van der Waals surface area contributed by atoms with Gasteiger partial charge in [0.15, 0.2) is 5.76 Å². The van der Waals surface area contributed by atoms with E-state index in [0.717, 1.165) is 25.7 Å². The minimum absolute atomic E-state index is 0.0784. The fourth-order valence-corrected chi connectivity index (χ4v) is 3.47. The molecule has 2 heterocycles. The monoisotopic (exact) mass is 307 g/mol. The Hall–Kier alpha value is -1.82. The maximum atomic E-state index is 12.6. The highest BCUT2D eigenvalue weighted by Crippen LogP contribution is 2.36. The lowest BCUT2D eigenvalue weighted by Gasteiger charge is -2.40. The highest BCUT2D eigenvalue weighted by Gasteiger charge is 2.41. The van der Waals surface area contributed by atoms with E-state index in [0.29, 0.717) is 31.9 Å². The summed E-state index contributed by atoms with van der Waals surface area (Å²) >= 11 is 0. The molecule has 3 rings (SSSR count). The number of aryl methyl sites for hydroxylation is 1. The van der Waals surface area contributed by atoms with E-state index >= 15 is 0 Å². The second kappa shape index (κ2) is 5.76. The number of hydrogen-bond donors (Lipinski definition) is 1. The molecule has 1 aliphatic heterocycles.